The van der Waals surface area contributed by atoms with Crippen LogP contribution < -0.4 is 0 Å². The number of hydrogen-bond donors (Lipinski definition) is 0. The maximum atomic E-state index is 3.33. The first-order valence-electron chi connectivity index (χ1n) is 12.9. The number of hydrogen-bond acceptors (Lipinski definition) is 0. The van der Waals surface area contributed by atoms with Gasteiger partial charge >= 0.3 is 0 Å². The minimum atomic E-state index is 1.10. The first-order chi connectivity index (χ1) is 18.9. The molecule has 8 rings (SSSR count). The Morgan fingerprint density at radius 1 is 0.421 bits per heavy atom. The highest BCUT2D eigenvalue weighted by molar-refractivity contribution is 6.10. The molecule has 0 radical (unpaired) electrons. The summed E-state index contributed by atoms with van der Waals surface area (Å²) in [4.78, 5) is 0. The number of aromatic nitrogens is 2. The minimum absolute atomic E-state index is 1.10. The molecule has 0 saturated carbocycles. The number of nitrogens with zero attached hydrogens (tertiary/aromatic N) is 2. The van der Waals surface area contributed by atoms with Crippen molar-refractivity contribution in [2.45, 2.75) is 0 Å². The van der Waals surface area contributed by atoms with Crippen LogP contribution in [0.15, 0.2) is 133 Å². The van der Waals surface area contributed by atoms with Crippen molar-refractivity contribution in [2.75, 3.05) is 0 Å². The van der Waals surface area contributed by atoms with Crippen LogP contribution in [-0.4, -0.2) is 9.13 Å². The van der Waals surface area contributed by atoms with E-state index in [0.717, 1.165) is 22.3 Å². The van der Waals surface area contributed by atoms with Crippen LogP contribution >= 0.6 is 0 Å². The number of rotatable bonds is 3. The third kappa shape index (κ3) is 3.03. The summed E-state index contributed by atoms with van der Waals surface area (Å²) in [5.41, 5.74) is 9.42. The van der Waals surface area contributed by atoms with E-state index in [9.17, 15) is 0 Å². The molecular weight excluding hydrogens is 460 g/mol. The molecule has 0 aliphatic heterocycles. The van der Waals surface area contributed by atoms with Gasteiger partial charge in [0.1, 0.15) is 0 Å². The lowest BCUT2D eigenvalue weighted by molar-refractivity contribution is 1.17. The van der Waals surface area contributed by atoms with E-state index in [0.29, 0.717) is 0 Å². The monoisotopic (exact) mass is 482 g/mol. The summed E-state index contributed by atoms with van der Waals surface area (Å²) in [6.45, 7) is 0. The molecule has 176 valence electrons. The first kappa shape index (κ1) is 20.9. The van der Waals surface area contributed by atoms with E-state index in [2.05, 4.69) is 149 Å². The number of fused-ring (bicyclic) bond motifs is 6. The zero-order valence-electron chi connectivity index (χ0n) is 20.6. The molecule has 0 spiro atoms. The van der Waals surface area contributed by atoms with E-state index in [1.165, 1.54) is 43.8 Å². The van der Waals surface area contributed by atoms with Crippen LogP contribution in [0.3, 0.4) is 0 Å². The molecule has 0 amide bonds. The highest BCUT2D eigenvalue weighted by Crippen LogP contribution is 2.35. The van der Waals surface area contributed by atoms with Crippen LogP contribution in [0.25, 0.3) is 66.1 Å². The lowest BCUT2D eigenvalue weighted by Gasteiger charge is -2.12. The maximum Gasteiger partial charge on any atom is 0.0631 e. The van der Waals surface area contributed by atoms with Gasteiger partial charge in [-0.2, -0.15) is 0 Å². The Labute approximate surface area is 220 Å². The van der Waals surface area contributed by atoms with Crippen molar-refractivity contribution in [2.24, 2.45) is 0 Å². The Kier molecular flexibility index (Phi) is 4.47. The first-order valence-corrected chi connectivity index (χ1v) is 12.9. The smallest absolute Gasteiger partial charge is 0.0631 e. The Bertz CT molecular complexity index is 1880. The molecule has 2 nitrogen and oxygen atoms in total. The van der Waals surface area contributed by atoms with Crippen LogP contribution in [0, 0.1) is 12.1 Å². The summed E-state index contributed by atoms with van der Waals surface area (Å²) in [6.07, 6.45) is 0. The van der Waals surface area contributed by atoms with Gasteiger partial charge in [0.2, 0.25) is 0 Å². The summed E-state index contributed by atoms with van der Waals surface area (Å²) in [5, 5.41) is 4.84. The van der Waals surface area contributed by atoms with Crippen molar-refractivity contribution in [3.05, 3.63) is 146 Å². The van der Waals surface area contributed by atoms with Gasteiger partial charge in [0.25, 0.3) is 0 Å². The number of benzene rings is 5. The lowest BCUT2D eigenvalue weighted by atomic mass is 10.0. The standard InChI is InChI=1S/C36H22N2/c1-5-19-33-29(15-1)30-16-2-6-20-34(30)37(33)27-13-9-11-25(23-27)26-12-10-14-28(24-26)38-35-21-7-3-17-31(35)32-18-4-8-22-36(32)38/h1-3,5-17,19-24H. The molecule has 0 bridgehead atoms. The third-order valence-electron chi connectivity index (χ3n) is 7.56. The van der Waals surface area contributed by atoms with Crippen molar-refractivity contribution < 1.29 is 0 Å². The molecule has 38 heavy (non-hydrogen) atoms. The summed E-state index contributed by atoms with van der Waals surface area (Å²) >= 11 is 0. The molecule has 0 unspecified atom stereocenters. The maximum absolute atomic E-state index is 3.33. The molecule has 8 aromatic rings. The van der Waals surface area contributed by atoms with Crippen LogP contribution in [0.1, 0.15) is 0 Å². The predicted octanol–water partition coefficient (Wildman–Crippen LogP) is 9.15. The van der Waals surface area contributed by atoms with Gasteiger partial charge in [-0.3, -0.25) is 0 Å². The molecule has 0 saturated heterocycles. The Morgan fingerprint density at radius 3 is 1.53 bits per heavy atom. The second-order valence-electron chi connectivity index (χ2n) is 9.69. The zero-order valence-corrected chi connectivity index (χ0v) is 20.6. The average Bonchev–Trinajstić information content (AvgIpc) is 3.51. The van der Waals surface area contributed by atoms with Crippen molar-refractivity contribution in [3.8, 4) is 22.5 Å². The lowest BCUT2D eigenvalue weighted by Crippen LogP contribution is -1.95. The summed E-state index contributed by atoms with van der Waals surface area (Å²) in [7, 11) is 0. The van der Waals surface area contributed by atoms with Crippen LogP contribution in [-0.2, 0) is 0 Å². The molecule has 2 aromatic heterocycles. The van der Waals surface area contributed by atoms with Crippen molar-refractivity contribution in [3.63, 3.8) is 0 Å². The predicted molar refractivity (Wildman–Crippen MR) is 158 cm³/mol. The zero-order chi connectivity index (χ0) is 25.1. The Morgan fingerprint density at radius 2 is 0.921 bits per heavy atom. The second kappa shape index (κ2) is 8.13. The highest BCUT2D eigenvalue weighted by Gasteiger charge is 2.14. The van der Waals surface area contributed by atoms with Gasteiger partial charge in [-0.15, -0.1) is 0 Å². The minimum Gasteiger partial charge on any atom is -0.309 e. The second-order valence-corrected chi connectivity index (χ2v) is 9.69. The van der Waals surface area contributed by atoms with E-state index < -0.39 is 0 Å². The van der Waals surface area contributed by atoms with Gasteiger partial charge in [0.05, 0.1) is 27.5 Å². The van der Waals surface area contributed by atoms with Crippen molar-refractivity contribution in [1.29, 1.82) is 0 Å². The van der Waals surface area contributed by atoms with Gasteiger partial charge in [0, 0.05) is 27.5 Å². The molecule has 2 heteroatoms. The van der Waals surface area contributed by atoms with Crippen molar-refractivity contribution in [1.82, 2.24) is 9.13 Å². The van der Waals surface area contributed by atoms with Crippen LogP contribution in [0.5, 0.6) is 0 Å². The Balaban J connectivity index is 1.32. The molecule has 0 aliphatic rings. The fraction of sp³-hybridized carbons (Fsp3) is 0. The molecule has 6 aromatic carbocycles. The van der Waals surface area contributed by atoms with Gasteiger partial charge in [-0.1, -0.05) is 91.0 Å². The van der Waals surface area contributed by atoms with Gasteiger partial charge < -0.3 is 9.13 Å². The summed E-state index contributed by atoms with van der Waals surface area (Å²) in [6, 6.07) is 54.0. The molecule has 0 N–H and O–H groups in total. The van der Waals surface area contributed by atoms with E-state index in [1.807, 2.05) is 6.07 Å². The van der Waals surface area contributed by atoms with Gasteiger partial charge in [-0.05, 0) is 65.7 Å². The molecule has 2 heterocycles. The van der Waals surface area contributed by atoms with E-state index in [-0.39, 0.29) is 0 Å². The quantitative estimate of drug-likeness (QED) is 0.238. The molecule has 0 aliphatic carbocycles. The fourth-order valence-corrected chi connectivity index (χ4v) is 5.91. The normalized spacial score (nSPS) is 11.5. The topological polar surface area (TPSA) is 9.86 Å². The Hall–Kier alpha value is -5.26. The van der Waals surface area contributed by atoms with E-state index in [1.54, 1.807) is 0 Å². The highest BCUT2D eigenvalue weighted by atomic mass is 15.0. The largest absolute Gasteiger partial charge is 0.309 e. The van der Waals surface area contributed by atoms with Crippen LogP contribution in [0.4, 0.5) is 0 Å². The van der Waals surface area contributed by atoms with E-state index in [4.69, 9.17) is 0 Å². The fourth-order valence-electron chi connectivity index (χ4n) is 5.91. The summed E-state index contributed by atoms with van der Waals surface area (Å²) < 4.78 is 4.70. The van der Waals surface area contributed by atoms with Gasteiger partial charge in [-0.25, -0.2) is 0 Å². The molecule has 0 fully saturated rings. The van der Waals surface area contributed by atoms with Gasteiger partial charge in [0.15, 0.2) is 0 Å². The van der Waals surface area contributed by atoms with E-state index >= 15 is 0 Å². The van der Waals surface area contributed by atoms with Crippen molar-refractivity contribution >= 4 is 43.6 Å². The molecule has 0 atom stereocenters. The third-order valence-corrected chi connectivity index (χ3v) is 7.56. The molecular formula is C36H22N2. The number of para-hydroxylation sites is 3. The average molecular weight is 483 g/mol. The SMILES string of the molecule is c1ccc2c(c#1)c1ccccc1n2-c1cccc(-c2cccc(-n3c4ccccc4c4ccccc43)c2)c1. The summed E-state index contributed by atoms with van der Waals surface area (Å²) in [5.74, 6) is 0. The van der Waals surface area contributed by atoms with Crippen LogP contribution in [0.2, 0.25) is 0 Å².